The molecule has 0 aromatic carbocycles. The van der Waals surface area contributed by atoms with E-state index in [1.807, 2.05) is 20.8 Å². The molecule has 1 aromatic rings. The number of carbonyl (C=O) groups excluding carboxylic acids is 1. The van der Waals surface area contributed by atoms with E-state index in [1.165, 1.54) is 0 Å². The van der Waals surface area contributed by atoms with Crippen molar-refractivity contribution in [2.45, 2.75) is 33.0 Å². The number of pyridine rings is 1. The van der Waals surface area contributed by atoms with E-state index in [0.717, 1.165) is 5.69 Å². The van der Waals surface area contributed by atoms with Crippen LogP contribution in [-0.4, -0.2) is 11.3 Å². The van der Waals surface area contributed by atoms with Gasteiger partial charge in [0.1, 0.15) is 5.69 Å². The van der Waals surface area contributed by atoms with Crippen LogP contribution in [0.2, 0.25) is 0 Å². The summed E-state index contributed by atoms with van der Waals surface area (Å²) in [5, 5.41) is 0. The van der Waals surface area contributed by atoms with Crippen molar-refractivity contribution >= 4 is 6.29 Å². The molecule has 1 aromatic heterocycles. The highest BCUT2D eigenvalue weighted by Crippen LogP contribution is 2.20. The predicted octanol–water partition coefficient (Wildman–Crippen LogP) is 2.56. The fraction of sp³-hybridized carbons (Fsp3) is 0.385. The smallest absolute Gasteiger partial charge is 0.152 e. The SMILES string of the molecule is [2H]C([2H])([2H])C#Cc1nc(C(C)(C)C)ccc1C=O. The van der Waals surface area contributed by atoms with Gasteiger partial charge in [-0.2, -0.15) is 0 Å². The van der Waals surface area contributed by atoms with E-state index < -0.39 is 6.85 Å². The van der Waals surface area contributed by atoms with E-state index in [4.69, 9.17) is 4.11 Å². The largest absolute Gasteiger partial charge is 0.298 e. The average molecular weight is 204 g/mol. The molecule has 0 atom stereocenters. The molecule has 0 unspecified atom stereocenters. The van der Waals surface area contributed by atoms with Crippen molar-refractivity contribution in [3.8, 4) is 11.8 Å². The van der Waals surface area contributed by atoms with Crippen LogP contribution in [0.3, 0.4) is 0 Å². The Morgan fingerprint density at radius 2 is 2.20 bits per heavy atom. The Balaban J connectivity index is 3.31. The lowest BCUT2D eigenvalue weighted by atomic mass is 9.91. The van der Waals surface area contributed by atoms with Gasteiger partial charge in [-0.3, -0.25) is 4.79 Å². The fourth-order valence-corrected chi connectivity index (χ4v) is 1.14. The molecule has 0 aliphatic carbocycles. The quantitative estimate of drug-likeness (QED) is 0.520. The molecule has 0 aliphatic rings. The molecule has 0 bridgehead atoms. The van der Waals surface area contributed by atoms with E-state index in [9.17, 15) is 4.79 Å². The highest BCUT2D eigenvalue weighted by molar-refractivity contribution is 5.78. The zero-order chi connectivity index (χ0) is 14.0. The van der Waals surface area contributed by atoms with Crippen molar-refractivity contribution in [1.82, 2.24) is 4.98 Å². The molecule has 78 valence electrons. The zero-order valence-corrected chi connectivity index (χ0v) is 9.09. The minimum Gasteiger partial charge on any atom is -0.298 e. The van der Waals surface area contributed by atoms with Gasteiger partial charge in [0.2, 0.25) is 0 Å². The van der Waals surface area contributed by atoms with Crippen molar-refractivity contribution in [3.05, 3.63) is 29.1 Å². The van der Waals surface area contributed by atoms with Crippen LogP contribution >= 0.6 is 0 Å². The number of hydrogen-bond acceptors (Lipinski definition) is 2. The maximum atomic E-state index is 10.9. The summed E-state index contributed by atoms with van der Waals surface area (Å²) in [5.41, 5.74) is 1.11. The van der Waals surface area contributed by atoms with Gasteiger partial charge in [-0.15, -0.1) is 0 Å². The highest BCUT2D eigenvalue weighted by Gasteiger charge is 2.16. The predicted molar refractivity (Wildman–Crippen MR) is 60.9 cm³/mol. The van der Waals surface area contributed by atoms with Crippen molar-refractivity contribution in [1.29, 1.82) is 0 Å². The topological polar surface area (TPSA) is 30.0 Å². The van der Waals surface area contributed by atoms with Crippen LogP contribution in [0, 0.1) is 11.8 Å². The first-order valence-corrected chi connectivity index (χ1v) is 4.63. The maximum Gasteiger partial charge on any atom is 0.152 e. The molecule has 1 rings (SSSR count). The van der Waals surface area contributed by atoms with Gasteiger partial charge in [0.15, 0.2) is 6.29 Å². The summed E-state index contributed by atoms with van der Waals surface area (Å²) in [5.74, 6) is 4.58. The van der Waals surface area contributed by atoms with Gasteiger partial charge in [0.25, 0.3) is 0 Å². The number of rotatable bonds is 1. The number of nitrogens with zero attached hydrogens (tertiary/aromatic N) is 1. The molecule has 0 N–H and O–H groups in total. The van der Waals surface area contributed by atoms with Crippen molar-refractivity contribution in [3.63, 3.8) is 0 Å². The lowest BCUT2D eigenvalue weighted by molar-refractivity contribution is 0.112. The second kappa shape index (κ2) is 4.27. The van der Waals surface area contributed by atoms with Crippen LogP contribution < -0.4 is 0 Å². The van der Waals surface area contributed by atoms with Crippen LogP contribution in [0.15, 0.2) is 12.1 Å². The van der Waals surface area contributed by atoms with Gasteiger partial charge in [-0.25, -0.2) is 4.98 Å². The summed E-state index contributed by atoms with van der Waals surface area (Å²) in [6.45, 7) is 3.60. The standard InChI is InChI=1S/C13H15NO/c1-5-6-11-10(9-15)7-8-12(14-11)13(2,3)4/h7-9H,1-4H3/i1D3. The van der Waals surface area contributed by atoms with Crippen LogP contribution in [0.4, 0.5) is 0 Å². The van der Waals surface area contributed by atoms with E-state index in [-0.39, 0.29) is 11.1 Å². The highest BCUT2D eigenvalue weighted by atomic mass is 16.1. The van der Waals surface area contributed by atoms with Gasteiger partial charge in [0.05, 0.1) is 0 Å². The second-order valence-corrected chi connectivity index (χ2v) is 4.25. The van der Waals surface area contributed by atoms with E-state index >= 15 is 0 Å². The van der Waals surface area contributed by atoms with Crippen LogP contribution in [0.5, 0.6) is 0 Å². The van der Waals surface area contributed by atoms with Crippen LogP contribution in [0.1, 0.15) is 53.5 Å². The maximum absolute atomic E-state index is 10.9. The first kappa shape index (κ1) is 7.64. The normalized spacial score (nSPS) is 14.2. The fourth-order valence-electron chi connectivity index (χ4n) is 1.14. The summed E-state index contributed by atoms with van der Waals surface area (Å²) in [4.78, 5) is 15.1. The molecule has 2 heteroatoms. The summed E-state index contributed by atoms with van der Waals surface area (Å²) >= 11 is 0. The third-order valence-electron chi connectivity index (χ3n) is 2.00. The van der Waals surface area contributed by atoms with Gasteiger partial charge < -0.3 is 0 Å². The lowest BCUT2D eigenvalue weighted by Crippen LogP contribution is -2.14. The van der Waals surface area contributed by atoms with Crippen molar-refractivity contribution in [2.75, 3.05) is 0 Å². The Hall–Kier alpha value is -1.62. The second-order valence-electron chi connectivity index (χ2n) is 4.25. The van der Waals surface area contributed by atoms with Crippen LogP contribution in [-0.2, 0) is 5.41 Å². The first-order chi connectivity index (χ1) is 8.13. The van der Waals surface area contributed by atoms with Gasteiger partial charge in [-0.1, -0.05) is 26.7 Å². The minimum absolute atomic E-state index is 0.183. The Bertz CT molecular complexity index is 516. The Morgan fingerprint density at radius 3 is 2.73 bits per heavy atom. The van der Waals surface area contributed by atoms with Crippen LogP contribution in [0.25, 0.3) is 0 Å². The Kier molecular flexibility index (Phi) is 2.18. The third-order valence-corrected chi connectivity index (χ3v) is 2.00. The van der Waals surface area contributed by atoms with Gasteiger partial charge in [0, 0.05) is 20.8 Å². The van der Waals surface area contributed by atoms with Gasteiger partial charge >= 0.3 is 0 Å². The molecule has 0 spiro atoms. The van der Waals surface area contributed by atoms with Crippen molar-refractivity contribution in [2.24, 2.45) is 0 Å². The van der Waals surface area contributed by atoms with E-state index in [0.29, 0.717) is 11.8 Å². The Labute approximate surface area is 94.9 Å². The first-order valence-electron chi connectivity index (χ1n) is 6.13. The van der Waals surface area contributed by atoms with Gasteiger partial charge in [-0.05, 0) is 24.9 Å². The lowest BCUT2D eigenvalue weighted by Gasteiger charge is -2.17. The molecule has 0 fully saturated rings. The number of aldehydes is 1. The summed E-state index contributed by atoms with van der Waals surface area (Å²) in [6, 6.07) is 3.37. The van der Waals surface area contributed by atoms with Crippen molar-refractivity contribution < 1.29 is 8.91 Å². The number of aromatic nitrogens is 1. The molecule has 0 radical (unpaired) electrons. The molecule has 0 saturated carbocycles. The molecular formula is C13H15NO. The molecule has 0 saturated heterocycles. The third kappa shape index (κ3) is 2.66. The summed E-state index contributed by atoms with van der Waals surface area (Å²) in [7, 11) is 0. The van der Waals surface area contributed by atoms with E-state index in [2.05, 4.69) is 16.8 Å². The molecule has 0 amide bonds. The number of carbonyl (C=O) groups is 1. The van der Waals surface area contributed by atoms with E-state index in [1.54, 1.807) is 12.1 Å². The summed E-state index contributed by atoms with van der Waals surface area (Å²) in [6.07, 6.45) is 0.628. The monoisotopic (exact) mass is 204 g/mol. The molecule has 1 heterocycles. The average Bonchev–Trinajstić information content (AvgIpc) is 2.23. The number of hydrogen-bond donors (Lipinski definition) is 0. The summed E-state index contributed by atoms with van der Waals surface area (Å²) < 4.78 is 21.1. The minimum atomic E-state index is -2.35. The molecule has 0 aliphatic heterocycles. The Morgan fingerprint density at radius 1 is 1.47 bits per heavy atom. The molecule has 15 heavy (non-hydrogen) atoms. The molecular weight excluding hydrogens is 186 g/mol. The zero-order valence-electron chi connectivity index (χ0n) is 12.1. The molecule has 2 nitrogen and oxygen atoms in total.